The molecule has 0 aliphatic carbocycles. The summed E-state index contributed by atoms with van der Waals surface area (Å²) < 4.78 is 0. The SMILES string of the molecule is CC(C)C(CN1CC[C@@H](CNC(=O)c2ccc3ccccc3c2)N[C@@H](CCN)C1=O)c1ccccc1.CC[C@H](CN1CC[C@@H](CNC(=O)c2ccc3ccccc3c2)N[C@@H](CCN)C1=O)c1ccccc1. The molecule has 6 atom stereocenters. The van der Waals surface area contributed by atoms with Crippen LogP contribution in [0.25, 0.3) is 21.5 Å². The molecule has 0 bridgehead atoms. The Bertz CT molecular complexity index is 2660. The van der Waals surface area contributed by atoms with Crippen LogP contribution in [0.1, 0.15) is 96.6 Å². The fourth-order valence-electron chi connectivity index (χ4n) is 9.99. The largest absolute Gasteiger partial charge is 0.350 e. The van der Waals surface area contributed by atoms with Crippen molar-refractivity contribution in [2.75, 3.05) is 52.4 Å². The van der Waals surface area contributed by atoms with Crippen molar-refractivity contribution in [1.29, 1.82) is 0 Å². The van der Waals surface area contributed by atoms with E-state index in [0.29, 0.717) is 88.2 Å². The molecule has 4 amide bonds. The first-order valence-corrected chi connectivity index (χ1v) is 25.7. The molecule has 2 saturated heterocycles. The number of amides is 4. The van der Waals surface area contributed by atoms with Crippen LogP contribution < -0.4 is 32.7 Å². The number of hydrogen-bond donors (Lipinski definition) is 6. The second kappa shape index (κ2) is 26.1. The van der Waals surface area contributed by atoms with Crippen molar-refractivity contribution in [1.82, 2.24) is 31.1 Å². The average molecular weight is 959 g/mol. The van der Waals surface area contributed by atoms with Gasteiger partial charge in [-0.2, -0.15) is 0 Å². The van der Waals surface area contributed by atoms with Crippen LogP contribution in [0.2, 0.25) is 0 Å². The number of benzene rings is 6. The highest BCUT2D eigenvalue weighted by atomic mass is 16.2. The molecule has 6 aromatic rings. The van der Waals surface area contributed by atoms with E-state index >= 15 is 0 Å². The first kappa shape index (κ1) is 52.4. The van der Waals surface area contributed by atoms with Gasteiger partial charge in [0.05, 0.1) is 12.1 Å². The summed E-state index contributed by atoms with van der Waals surface area (Å²) in [5.41, 5.74) is 15.5. The third-order valence-corrected chi connectivity index (χ3v) is 14.2. The standard InChI is InChI=1S/C30H38N4O2.C29H36N4O2/c1-21(2)27(23-9-4-3-5-10-23)20-34-17-15-26(33-28(14-16-31)30(34)36)19-32-29(35)25-13-12-22-8-6-7-11-24(22)18-25;1-2-21(22-8-4-3-5-9-22)20-33-17-15-26(32-27(14-16-30)29(33)35)19-31-28(34)25-13-12-23-10-6-7-11-24(23)18-25/h3-13,18,21,26-28,33H,14-17,19-20,31H2,1-2H3,(H,32,35);3-13,18,21,26-27,32H,2,14-17,19-20,30H2,1H3,(H,31,34)/t26-,27?,28-;21-,26+,27+/m01/s1. The van der Waals surface area contributed by atoms with Crippen molar-refractivity contribution in [3.63, 3.8) is 0 Å². The maximum Gasteiger partial charge on any atom is 0.251 e. The topological polar surface area (TPSA) is 175 Å². The molecule has 0 radical (unpaired) electrons. The van der Waals surface area contributed by atoms with E-state index in [2.05, 4.69) is 90.6 Å². The number of carbonyl (C=O) groups is 4. The number of hydrogen-bond acceptors (Lipinski definition) is 8. The number of nitrogens with zero attached hydrogens (tertiary/aromatic N) is 2. The molecule has 2 heterocycles. The average Bonchev–Trinajstić information content (AvgIpc) is 3.64. The zero-order chi connectivity index (χ0) is 50.1. The summed E-state index contributed by atoms with van der Waals surface area (Å²) in [6, 6.07) is 47.7. The molecule has 0 spiro atoms. The Labute approximate surface area is 420 Å². The monoisotopic (exact) mass is 959 g/mol. The van der Waals surface area contributed by atoms with E-state index in [4.69, 9.17) is 11.5 Å². The summed E-state index contributed by atoms with van der Waals surface area (Å²) in [4.78, 5) is 56.6. The van der Waals surface area contributed by atoms with Gasteiger partial charge in [-0.1, -0.05) is 142 Å². The van der Waals surface area contributed by atoms with Crippen LogP contribution in [0.5, 0.6) is 0 Å². The highest BCUT2D eigenvalue weighted by Crippen LogP contribution is 2.27. The van der Waals surface area contributed by atoms with Crippen molar-refractivity contribution in [3.8, 4) is 0 Å². The van der Waals surface area contributed by atoms with Crippen molar-refractivity contribution < 1.29 is 19.2 Å². The summed E-state index contributed by atoms with van der Waals surface area (Å²) in [6.45, 7) is 11.1. The lowest BCUT2D eigenvalue weighted by Gasteiger charge is -2.31. The lowest BCUT2D eigenvalue weighted by atomic mass is 9.87. The Hall–Kier alpha value is -6.44. The first-order valence-electron chi connectivity index (χ1n) is 25.7. The maximum absolute atomic E-state index is 13.5. The highest BCUT2D eigenvalue weighted by molar-refractivity contribution is 5.99. The van der Waals surface area contributed by atoms with Crippen LogP contribution in [-0.2, 0) is 9.59 Å². The fraction of sp³-hybridized carbons (Fsp3) is 0.390. The van der Waals surface area contributed by atoms with Gasteiger partial charge in [-0.05, 0) is 108 Å². The van der Waals surface area contributed by atoms with Gasteiger partial charge in [-0.3, -0.25) is 19.2 Å². The van der Waals surface area contributed by atoms with Gasteiger partial charge in [0.25, 0.3) is 11.8 Å². The Kier molecular flexibility index (Phi) is 19.3. The normalized spacial score (nSPS) is 19.4. The predicted octanol–water partition coefficient (Wildman–Crippen LogP) is 7.59. The van der Waals surface area contributed by atoms with E-state index in [9.17, 15) is 19.2 Å². The molecule has 2 aliphatic rings. The highest BCUT2D eigenvalue weighted by Gasteiger charge is 2.34. The molecule has 71 heavy (non-hydrogen) atoms. The van der Waals surface area contributed by atoms with Crippen LogP contribution >= 0.6 is 0 Å². The Morgan fingerprint density at radius 3 is 1.44 bits per heavy atom. The van der Waals surface area contributed by atoms with Gasteiger partial charge in [-0.15, -0.1) is 0 Å². The minimum Gasteiger partial charge on any atom is -0.350 e. The third-order valence-electron chi connectivity index (χ3n) is 14.2. The van der Waals surface area contributed by atoms with E-state index in [1.807, 2.05) is 107 Å². The van der Waals surface area contributed by atoms with E-state index in [0.717, 1.165) is 40.8 Å². The molecule has 12 nitrogen and oxygen atoms in total. The van der Waals surface area contributed by atoms with Crippen molar-refractivity contribution in [3.05, 3.63) is 168 Å². The van der Waals surface area contributed by atoms with Gasteiger partial charge < -0.3 is 42.5 Å². The Morgan fingerprint density at radius 2 is 1.00 bits per heavy atom. The summed E-state index contributed by atoms with van der Waals surface area (Å²) in [5, 5.41) is 17.4. The van der Waals surface area contributed by atoms with Crippen molar-refractivity contribution in [2.45, 2.75) is 88.9 Å². The van der Waals surface area contributed by atoms with Crippen molar-refractivity contribution in [2.24, 2.45) is 17.4 Å². The van der Waals surface area contributed by atoms with Crippen LogP contribution in [0, 0.1) is 5.92 Å². The van der Waals surface area contributed by atoms with Crippen LogP contribution in [0.3, 0.4) is 0 Å². The van der Waals surface area contributed by atoms with Crippen LogP contribution in [-0.4, -0.2) is 110 Å². The number of carbonyl (C=O) groups excluding carboxylic acids is 4. The Balaban J connectivity index is 0.000000209. The van der Waals surface area contributed by atoms with Gasteiger partial charge in [0.1, 0.15) is 0 Å². The lowest BCUT2D eigenvalue weighted by Crippen LogP contribution is -2.50. The van der Waals surface area contributed by atoms with E-state index in [-0.39, 0.29) is 53.7 Å². The molecular weight excluding hydrogens is 885 g/mol. The number of nitrogens with one attached hydrogen (secondary N) is 4. The van der Waals surface area contributed by atoms with Gasteiger partial charge in [0.2, 0.25) is 11.8 Å². The molecule has 0 saturated carbocycles. The van der Waals surface area contributed by atoms with Gasteiger partial charge >= 0.3 is 0 Å². The molecule has 8 rings (SSSR count). The molecule has 2 fully saturated rings. The molecule has 8 N–H and O–H groups in total. The Morgan fingerprint density at radius 1 is 0.577 bits per heavy atom. The smallest absolute Gasteiger partial charge is 0.251 e. The zero-order valence-corrected chi connectivity index (χ0v) is 41.8. The summed E-state index contributed by atoms with van der Waals surface area (Å²) in [6.07, 6.45) is 3.66. The summed E-state index contributed by atoms with van der Waals surface area (Å²) in [5.74, 6) is 0.963. The van der Waals surface area contributed by atoms with E-state index in [1.54, 1.807) is 0 Å². The predicted molar refractivity (Wildman–Crippen MR) is 287 cm³/mol. The third kappa shape index (κ3) is 14.3. The van der Waals surface area contributed by atoms with E-state index in [1.165, 1.54) is 11.1 Å². The van der Waals surface area contributed by atoms with Crippen LogP contribution in [0.4, 0.5) is 0 Å². The summed E-state index contributed by atoms with van der Waals surface area (Å²) in [7, 11) is 0. The minimum atomic E-state index is -0.344. The maximum atomic E-state index is 13.5. The van der Waals surface area contributed by atoms with E-state index < -0.39 is 0 Å². The quantitative estimate of drug-likeness (QED) is 0.0511. The number of fused-ring (bicyclic) bond motifs is 2. The number of rotatable bonds is 18. The summed E-state index contributed by atoms with van der Waals surface area (Å²) >= 11 is 0. The van der Waals surface area contributed by atoms with Crippen molar-refractivity contribution >= 4 is 45.2 Å². The molecule has 12 heteroatoms. The lowest BCUT2D eigenvalue weighted by molar-refractivity contribution is -0.133. The second-order valence-electron chi connectivity index (χ2n) is 19.5. The van der Waals surface area contributed by atoms with Crippen LogP contribution in [0.15, 0.2) is 146 Å². The molecule has 6 aromatic carbocycles. The number of nitrogens with two attached hydrogens (primary N) is 2. The molecule has 0 aromatic heterocycles. The molecular formula is C59H74N8O4. The molecule has 1 unspecified atom stereocenters. The second-order valence-corrected chi connectivity index (χ2v) is 19.5. The van der Waals surface area contributed by atoms with Gasteiger partial charge in [0, 0.05) is 74.3 Å². The minimum absolute atomic E-state index is 0.00158. The molecule has 2 aliphatic heterocycles. The molecule has 374 valence electrons. The first-order chi connectivity index (χ1) is 34.5. The zero-order valence-electron chi connectivity index (χ0n) is 41.8. The van der Waals surface area contributed by atoms with Gasteiger partial charge in [-0.25, -0.2) is 0 Å². The fourth-order valence-corrected chi connectivity index (χ4v) is 9.99. The van der Waals surface area contributed by atoms with Gasteiger partial charge in [0.15, 0.2) is 0 Å².